The van der Waals surface area contributed by atoms with Crippen molar-refractivity contribution in [3.05, 3.63) is 0 Å². The maximum absolute atomic E-state index is 11.5. The van der Waals surface area contributed by atoms with Gasteiger partial charge in [-0.25, -0.2) is 12.7 Å². The molecule has 0 bridgehead atoms. The molecule has 78 valence electrons. The number of nitrogens with zero attached hydrogens (tertiary/aromatic N) is 1. The lowest BCUT2D eigenvalue weighted by Crippen LogP contribution is -2.35. The Bertz CT molecular complexity index is 271. The van der Waals surface area contributed by atoms with Crippen molar-refractivity contribution < 1.29 is 8.42 Å². The monoisotopic (exact) mass is 207 g/mol. The highest BCUT2D eigenvalue weighted by Gasteiger charge is 2.21. The maximum Gasteiger partial charge on any atom is 0.216 e. The van der Waals surface area contributed by atoms with Gasteiger partial charge in [-0.15, -0.1) is 0 Å². The average molecular weight is 207 g/mol. The molecule has 0 heterocycles. The molecule has 0 atom stereocenters. The smallest absolute Gasteiger partial charge is 0.216 e. The van der Waals surface area contributed by atoms with E-state index in [2.05, 4.69) is 0 Å². The second kappa shape index (κ2) is 4.57. The minimum Gasteiger partial charge on any atom is -0.388 e. The highest BCUT2D eigenvalue weighted by molar-refractivity contribution is 7.89. The second-order valence-corrected chi connectivity index (χ2v) is 5.79. The molecular weight excluding hydrogens is 190 g/mol. The molecule has 0 radical (unpaired) electrons. The van der Waals surface area contributed by atoms with Crippen LogP contribution in [-0.4, -0.2) is 37.4 Å². The van der Waals surface area contributed by atoms with E-state index < -0.39 is 15.3 Å². The molecular formula is C7H17N3O2S. The second-order valence-electron chi connectivity index (χ2n) is 3.19. The van der Waals surface area contributed by atoms with Crippen LogP contribution in [0.5, 0.6) is 0 Å². The van der Waals surface area contributed by atoms with Crippen LogP contribution >= 0.6 is 0 Å². The molecule has 0 aliphatic heterocycles. The van der Waals surface area contributed by atoms with Crippen LogP contribution in [0.2, 0.25) is 0 Å². The van der Waals surface area contributed by atoms with E-state index in [-0.39, 0.29) is 18.8 Å². The zero-order valence-electron chi connectivity index (χ0n) is 8.24. The van der Waals surface area contributed by atoms with Gasteiger partial charge in [0.15, 0.2) is 0 Å². The zero-order valence-corrected chi connectivity index (χ0v) is 9.06. The van der Waals surface area contributed by atoms with Crippen molar-refractivity contribution in [3.63, 3.8) is 0 Å². The first kappa shape index (κ1) is 12.4. The van der Waals surface area contributed by atoms with Crippen LogP contribution in [0.15, 0.2) is 0 Å². The van der Waals surface area contributed by atoms with Crippen LogP contribution in [0.4, 0.5) is 0 Å². The van der Waals surface area contributed by atoms with E-state index in [9.17, 15) is 8.42 Å². The van der Waals surface area contributed by atoms with Gasteiger partial charge in [0, 0.05) is 20.0 Å². The fourth-order valence-electron chi connectivity index (χ4n) is 0.765. The SMILES string of the molecule is CC(C)S(=O)(=O)N(C)CCC(=N)N. The largest absolute Gasteiger partial charge is 0.388 e. The first-order valence-corrected chi connectivity index (χ1v) is 5.57. The van der Waals surface area contributed by atoms with Gasteiger partial charge in [0.1, 0.15) is 0 Å². The Balaban J connectivity index is 4.27. The Labute approximate surface area is 79.5 Å². The molecule has 0 saturated carbocycles. The summed E-state index contributed by atoms with van der Waals surface area (Å²) in [6.07, 6.45) is 0.280. The molecule has 0 aromatic rings. The van der Waals surface area contributed by atoms with Gasteiger partial charge in [-0.2, -0.15) is 0 Å². The molecule has 0 unspecified atom stereocenters. The van der Waals surface area contributed by atoms with E-state index in [1.807, 2.05) is 0 Å². The summed E-state index contributed by atoms with van der Waals surface area (Å²) in [5.41, 5.74) is 5.12. The molecule has 0 aromatic heterocycles. The molecule has 0 aliphatic rings. The Morgan fingerprint density at radius 2 is 2.00 bits per heavy atom. The number of rotatable bonds is 5. The van der Waals surface area contributed by atoms with Gasteiger partial charge in [0.25, 0.3) is 0 Å². The standard InChI is InChI=1S/C7H17N3O2S/c1-6(2)13(11,12)10(3)5-4-7(8)9/h6H,4-5H2,1-3H3,(H3,8,9). The topological polar surface area (TPSA) is 87.2 Å². The third kappa shape index (κ3) is 3.73. The molecule has 13 heavy (non-hydrogen) atoms. The summed E-state index contributed by atoms with van der Waals surface area (Å²) in [5, 5.41) is 6.53. The Kier molecular flexibility index (Phi) is 4.35. The molecule has 0 spiro atoms. The van der Waals surface area contributed by atoms with Gasteiger partial charge >= 0.3 is 0 Å². The normalized spacial score (nSPS) is 12.4. The van der Waals surface area contributed by atoms with Gasteiger partial charge in [-0.3, -0.25) is 5.41 Å². The minimum absolute atomic E-state index is 0.00538. The Hall–Kier alpha value is -0.620. The van der Waals surface area contributed by atoms with Gasteiger partial charge in [-0.1, -0.05) is 0 Å². The molecule has 0 saturated heterocycles. The summed E-state index contributed by atoms with van der Waals surface area (Å²) in [6, 6.07) is 0. The summed E-state index contributed by atoms with van der Waals surface area (Å²) in [6.45, 7) is 3.52. The predicted molar refractivity (Wildman–Crippen MR) is 53.2 cm³/mol. The first-order chi connectivity index (χ1) is 5.78. The number of sulfonamides is 1. The average Bonchev–Trinajstić information content (AvgIpc) is 1.99. The van der Waals surface area contributed by atoms with Crippen molar-refractivity contribution in [2.24, 2.45) is 5.73 Å². The number of nitrogens with one attached hydrogen (secondary N) is 1. The number of nitrogens with two attached hydrogens (primary N) is 1. The van der Waals surface area contributed by atoms with E-state index in [0.717, 1.165) is 0 Å². The molecule has 6 heteroatoms. The lowest BCUT2D eigenvalue weighted by molar-refractivity contribution is 0.470. The van der Waals surface area contributed by atoms with Crippen molar-refractivity contribution in [2.45, 2.75) is 25.5 Å². The fraction of sp³-hybridized carbons (Fsp3) is 0.857. The summed E-state index contributed by atoms with van der Waals surface area (Å²) in [7, 11) is -1.69. The highest BCUT2D eigenvalue weighted by atomic mass is 32.2. The number of hydrogen-bond acceptors (Lipinski definition) is 3. The summed E-state index contributed by atoms with van der Waals surface area (Å²) in [4.78, 5) is 0. The van der Waals surface area contributed by atoms with Crippen molar-refractivity contribution in [2.75, 3.05) is 13.6 Å². The third-order valence-corrected chi connectivity index (χ3v) is 3.97. The minimum atomic E-state index is -3.19. The van der Waals surface area contributed by atoms with Gasteiger partial charge < -0.3 is 5.73 Å². The van der Waals surface area contributed by atoms with E-state index in [1.54, 1.807) is 13.8 Å². The van der Waals surface area contributed by atoms with Crippen molar-refractivity contribution >= 4 is 15.9 Å². The molecule has 0 rings (SSSR count). The first-order valence-electron chi connectivity index (χ1n) is 4.06. The van der Waals surface area contributed by atoms with E-state index in [1.165, 1.54) is 11.4 Å². The lowest BCUT2D eigenvalue weighted by atomic mass is 10.4. The van der Waals surface area contributed by atoms with Crippen molar-refractivity contribution in [3.8, 4) is 0 Å². The summed E-state index contributed by atoms with van der Waals surface area (Å²) in [5.74, 6) is 0.00538. The van der Waals surface area contributed by atoms with Crippen molar-refractivity contribution in [1.29, 1.82) is 5.41 Å². The molecule has 5 nitrogen and oxygen atoms in total. The quantitative estimate of drug-likeness (QED) is 0.490. The predicted octanol–water partition coefficient (Wildman–Crippen LogP) is -0.0175. The molecule has 0 fully saturated rings. The molecule has 0 aromatic carbocycles. The number of hydrogen-bond donors (Lipinski definition) is 2. The van der Waals surface area contributed by atoms with Crippen LogP contribution < -0.4 is 5.73 Å². The van der Waals surface area contributed by atoms with Gasteiger partial charge in [-0.05, 0) is 13.8 Å². The van der Waals surface area contributed by atoms with Gasteiger partial charge in [0.2, 0.25) is 10.0 Å². The highest BCUT2D eigenvalue weighted by Crippen LogP contribution is 2.05. The van der Waals surface area contributed by atoms with E-state index in [4.69, 9.17) is 11.1 Å². The van der Waals surface area contributed by atoms with Crippen LogP contribution in [0.25, 0.3) is 0 Å². The zero-order chi connectivity index (χ0) is 10.6. The lowest BCUT2D eigenvalue weighted by Gasteiger charge is -2.18. The molecule has 3 N–H and O–H groups in total. The Morgan fingerprint density at radius 1 is 1.54 bits per heavy atom. The van der Waals surface area contributed by atoms with Crippen LogP contribution in [0.1, 0.15) is 20.3 Å². The van der Waals surface area contributed by atoms with E-state index in [0.29, 0.717) is 0 Å². The maximum atomic E-state index is 11.5. The summed E-state index contributed by atoms with van der Waals surface area (Å²) >= 11 is 0. The number of amidine groups is 1. The van der Waals surface area contributed by atoms with Crippen molar-refractivity contribution in [1.82, 2.24) is 4.31 Å². The third-order valence-electron chi connectivity index (χ3n) is 1.73. The van der Waals surface area contributed by atoms with Crippen LogP contribution in [0.3, 0.4) is 0 Å². The van der Waals surface area contributed by atoms with Crippen LogP contribution in [-0.2, 0) is 10.0 Å². The molecule has 0 aliphatic carbocycles. The Morgan fingerprint density at radius 3 is 2.31 bits per heavy atom. The summed E-state index contributed by atoms with van der Waals surface area (Å²) < 4.78 is 24.2. The van der Waals surface area contributed by atoms with E-state index >= 15 is 0 Å². The fourth-order valence-corrected chi connectivity index (χ4v) is 1.83. The molecule has 0 amide bonds. The van der Waals surface area contributed by atoms with Gasteiger partial charge in [0.05, 0.1) is 11.1 Å². The van der Waals surface area contributed by atoms with Crippen LogP contribution in [0, 0.1) is 5.41 Å².